The van der Waals surface area contributed by atoms with Gasteiger partial charge in [-0.25, -0.2) is 4.79 Å². The van der Waals surface area contributed by atoms with Gasteiger partial charge >= 0.3 is 6.09 Å². The molecule has 2 aromatic heterocycles. The van der Waals surface area contributed by atoms with Crippen LogP contribution in [0.25, 0.3) is 21.3 Å². The zero-order chi connectivity index (χ0) is 24.7. The maximum absolute atomic E-state index is 13.8. The van der Waals surface area contributed by atoms with Crippen LogP contribution >= 0.6 is 0 Å². The highest BCUT2D eigenvalue weighted by molar-refractivity contribution is 6.06. The number of ether oxygens (including phenoxy) is 1. The molecule has 0 spiro atoms. The summed E-state index contributed by atoms with van der Waals surface area (Å²) in [6, 6.07) is 6.02. The van der Waals surface area contributed by atoms with Gasteiger partial charge in [-0.2, -0.15) is 14.9 Å². The van der Waals surface area contributed by atoms with Gasteiger partial charge in [-0.1, -0.05) is 11.2 Å². The molecule has 0 radical (unpaired) electrons. The van der Waals surface area contributed by atoms with Gasteiger partial charge in [-0.3, -0.25) is 9.48 Å². The number of rotatable bonds is 6. The number of hydrogen-bond donors (Lipinski definition) is 0. The lowest BCUT2D eigenvalue weighted by Gasteiger charge is -2.34. The highest BCUT2D eigenvalue weighted by Crippen LogP contribution is 2.35. The van der Waals surface area contributed by atoms with Crippen LogP contribution < -0.4 is 0 Å². The molecule has 2 heterocycles. The topological polar surface area (TPSA) is 131 Å². The Morgan fingerprint density at radius 1 is 1.29 bits per heavy atom. The van der Waals surface area contributed by atoms with Gasteiger partial charge in [-0.15, -0.1) is 0 Å². The smallest absolute Gasteiger partial charge is 0.435 e. The second-order valence-corrected chi connectivity index (χ2v) is 9.91. The summed E-state index contributed by atoms with van der Waals surface area (Å²) in [4.78, 5) is 31.2. The van der Waals surface area contributed by atoms with Gasteiger partial charge in [0.2, 0.25) is 0 Å². The lowest BCUT2D eigenvalue weighted by molar-refractivity contribution is 0.0441. The summed E-state index contributed by atoms with van der Waals surface area (Å²) < 4.78 is 8.48. The SMILES string of the molecule is Cn1ncc2c(C(=O)N(C3CC3)C3CCc4nn(C(=O)OC(C)(C)CN=[N+]=[N-])cc4C3)cccc21. The molecule has 2 aliphatic rings. The highest BCUT2D eigenvalue weighted by Gasteiger charge is 2.40. The van der Waals surface area contributed by atoms with E-state index in [4.69, 9.17) is 10.3 Å². The van der Waals surface area contributed by atoms with Crippen LogP contribution in [0.4, 0.5) is 4.79 Å². The van der Waals surface area contributed by atoms with E-state index in [-0.39, 0.29) is 24.5 Å². The molecule has 5 rings (SSSR count). The summed E-state index contributed by atoms with van der Waals surface area (Å²) in [5, 5.41) is 13.1. The van der Waals surface area contributed by atoms with E-state index in [9.17, 15) is 9.59 Å². The molecule has 1 atom stereocenters. The molecular formula is C24H28N8O3. The van der Waals surface area contributed by atoms with Gasteiger partial charge in [0.05, 0.1) is 29.5 Å². The van der Waals surface area contributed by atoms with Crippen molar-refractivity contribution in [1.29, 1.82) is 0 Å². The first-order chi connectivity index (χ1) is 16.8. The first-order valence-corrected chi connectivity index (χ1v) is 11.8. The molecule has 35 heavy (non-hydrogen) atoms. The standard InChI is InChI=1S/C24H28N8O3/c1-24(2,14-26-29-25)35-23(34)31-13-15-11-17(9-10-20(15)28-31)32(16-7-8-16)22(33)18-5-4-6-21-19(18)12-27-30(21)3/h4-6,12-13,16-17H,7-11,14H2,1-3H3. The van der Waals surface area contributed by atoms with Crippen molar-refractivity contribution in [1.82, 2.24) is 24.5 Å². The van der Waals surface area contributed by atoms with Gasteiger partial charge in [0, 0.05) is 35.6 Å². The zero-order valence-corrected chi connectivity index (χ0v) is 20.1. The molecule has 1 saturated carbocycles. The van der Waals surface area contributed by atoms with Crippen LogP contribution in [0.5, 0.6) is 0 Å². The third-order valence-electron chi connectivity index (χ3n) is 6.70. The van der Waals surface area contributed by atoms with Crippen LogP contribution in [0.1, 0.15) is 54.7 Å². The maximum atomic E-state index is 13.8. The summed E-state index contributed by atoms with van der Waals surface area (Å²) in [7, 11) is 1.87. The Morgan fingerprint density at radius 3 is 2.83 bits per heavy atom. The fourth-order valence-corrected chi connectivity index (χ4v) is 4.82. The molecule has 11 nitrogen and oxygen atoms in total. The molecule has 0 aliphatic heterocycles. The number of hydrogen-bond acceptors (Lipinski definition) is 6. The Balaban J connectivity index is 1.36. The lowest BCUT2D eigenvalue weighted by atomic mass is 9.91. The van der Waals surface area contributed by atoms with Gasteiger partial charge in [-0.05, 0) is 69.2 Å². The summed E-state index contributed by atoms with van der Waals surface area (Å²) in [5.74, 6) is 0.0335. The molecule has 0 saturated heterocycles. The molecule has 0 bridgehead atoms. The van der Waals surface area contributed by atoms with E-state index in [1.807, 2.05) is 30.1 Å². The van der Waals surface area contributed by atoms with E-state index in [1.54, 1.807) is 30.9 Å². The van der Waals surface area contributed by atoms with E-state index in [0.29, 0.717) is 18.4 Å². The van der Waals surface area contributed by atoms with Crippen LogP contribution in [0.15, 0.2) is 35.7 Å². The Kier molecular flexibility index (Phi) is 5.72. The Morgan fingerprint density at radius 2 is 2.09 bits per heavy atom. The van der Waals surface area contributed by atoms with Gasteiger partial charge in [0.25, 0.3) is 5.91 Å². The maximum Gasteiger partial charge on any atom is 0.435 e. The normalized spacial score (nSPS) is 17.5. The summed E-state index contributed by atoms with van der Waals surface area (Å²) in [5.41, 5.74) is 11.0. The van der Waals surface area contributed by atoms with Crippen molar-refractivity contribution < 1.29 is 14.3 Å². The number of aromatic nitrogens is 4. The lowest BCUT2D eigenvalue weighted by Crippen LogP contribution is -2.44. The second kappa shape index (κ2) is 8.74. The van der Waals surface area contributed by atoms with Gasteiger partial charge < -0.3 is 9.64 Å². The van der Waals surface area contributed by atoms with Crippen molar-refractivity contribution in [3.8, 4) is 0 Å². The quantitative estimate of drug-likeness (QED) is 0.301. The Bertz CT molecular complexity index is 1350. The zero-order valence-electron chi connectivity index (χ0n) is 20.1. The number of benzene rings is 1. The third kappa shape index (κ3) is 4.46. The summed E-state index contributed by atoms with van der Waals surface area (Å²) >= 11 is 0. The monoisotopic (exact) mass is 476 g/mol. The minimum absolute atomic E-state index is 0.0282. The van der Waals surface area contributed by atoms with E-state index in [2.05, 4.69) is 20.2 Å². The predicted molar refractivity (Wildman–Crippen MR) is 128 cm³/mol. The van der Waals surface area contributed by atoms with Gasteiger partial charge in [0.15, 0.2) is 0 Å². The largest absolute Gasteiger partial charge is 0.442 e. The molecule has 1 aromatic carbocycles. The number of amides is 1. The molecule has 3 aromatic rings. The number of carbonyl (C=O) groups excluding carboxylic acids is 2. The molecular weight excluding hydrogens is 448 g/mol. The fourth-order valence-electron chi connectivity index (χ4n) is 4.82. The summed E-state index contributed by atoms with van der Waals surface area (Å²) in [6.07, 6.45) is 6.94. The minimum Gasteiger partial charge on any atom is -0.442 e. The van der Waals surface area contributed by atoms with Crippen LogP contribution in [0.2, 0.25) is 0 Å². The Hall–Kier alpha value is -3.85. The minimum atomic E-state index is -0.944. The number of carbonyl (C=O) groups is 2. The number of fused-ring (bicyclic) bond motifs is 2. The molecule has 182 valence electrons. The van der Waals surface area contributed by atoms with Gasteiger partial charge in [0.1, 0.15) is 5.60 Å². The predicted octanol–water partition coefficient (Wildman–Crippen LogP) is 4.01. The fraction of sp³-hybridized carbons (Fsp3) is 0.500. The van der Waals surface area contributed by atoms with Crippen molar-refractivity contribution in [3.63, 3.8) is 0 Å². The van der Waals surface area contributed by atoms with Crippen LogP contribution in [0.3, 0.4) is 0 Å². The molecule has 1 fully saturated rings. The molecule has 2 aliphatic carbocycles. The summed E-state index contributed by atoms with van der Waals surface area (Å²) in [6.45, 7) is 3.39. The first-order valence-electron chi connectivity index (χ1n) is 11.8. The van der Waals surface area contributed by atoms with Crippen molar-refractivity contribution in [2.75, 3.05) is 6.54 Å². The van der Waals surface area contributed by atoms with Crippen molar-refractivity contribution in [2.24, 2.45) is 12.2 Å². The third-order valence-corrected chi connectivity index (χ3v) is 6.70. The van der Waals surface area contributed by atoms with Crippen molar-refractivity contribution in [2.45, 2.75) is 63.6 Å². The number of azide groups is 1. The van der Waals surface area contributed by atoms with E-state index < -0.39 is 11.7 Å². The molecule has 1 unspecified atom stereocenters. The average molecular weight is 477 g/mol. The van der Waals surface area contributed by atoms with E-state index in [1.165, 1.54) is 4.68 Å². The second-order valence-electron chi connectivity index (χ2n) is 9.91. The van der Waals surface area contributed by atoms with Crippen LogP contribution in [0, 0.1) is 0 Å². The molecule has 0 N–H and O–H groups in total. The number of nitrogens with zero attached hydrogens (tertiary/aromatic N) is 8. The van der Waals surface area contributed by atoms with Crippen molar-refractivity contribution >= 4 is 22.9 Å². The molecule has 11 heteroatoms. The van der Waals surface area contributed by atoms with Crippen LogP contribution in [-0.4, -0.2) is 60.7 Å². The first kappa shape index (κ1) is 22.9. The molecule has 1 amide bonds. The number of aryl methyl sites for hydroxylation is 2. The van der Waals surface area contributed by atoms with E-state index in [0.717, 1.165) is 41.4 Å². The Labute approximate surface area is 202 Å². The average Bonchev–Trinajstić information content (AvgIpc) is 3.45. The van der Waals surface area contributed by atoms with E-state index >= 15 is 0 Å². The van der Waals surface area contributed by atoms with Crippen molar-refractivity contribution in [3.05, 3.63) is 57.9 Å². The van der Waals surface area contributed by atoms with Crippen LogP contribution in [-0.2, 0) is 24.6 Å². The highest BCUT2D eigenvalue weighted by atomic mass is 16.6.